The van der Waals surface area contributed by atoms with E-state index >= 15 is 0 Å². The van der Waals surface area contributed by atoms with Crippen molar-refractivity contribution in [3.05, 3.63) is 71.5 Å². The van der Waals surface area contributed by atoms with Crippen LogP contribution in [0.2, 0.25) is 0 Å². The van der Waals surface area contributed by atoms with Crippen molar-refractivity contribution in [1.29, 1.82) is 0 Å². The van der Waals surface area contributed by atoms with E-state index < -0.39 is 52.7 Å². The van der Waals surface area contributed by atoms with Gasteiger partial charge in [0.25, 0.3) is 0 Å². The van der Waals surface area contributed by atoms with Crippen LogP contribution in [0.3, 0.4) is 0 Å². The van der Waals surface area contributed by atoms with Crippen LogP contribution in [0.15, 0.2) is 54.6 Å². The Labute approximate surface area is 247 Å². The summed E-state index contributed by atoms with van der Waals surface area (Å²) in [6.07, 6.45) is 0.0963. The number of hydrogen-bond acceptors (Lipinski definition) is 8. The standard InChI is InChI=1S/C29H35FN4O7S/c1-19(35)32-25-18-42-29(39)24(16-21-8-5-9-22(30)14-21)34-28(38)23(15-20-6-3-2-4-7-20)33-26(36)17-41-13-12-40-11-10-31-27(25)37/h2-9,14,23-25H,10-13,15-18H2,1H3,(H,31,37)(H,32,35)(H,33,36)(H,34,38)/t23-,24-,25-/m0/s1. The maximum absolute atomic E-state index is 13.9. The number of halogens is 1. The molecule has 1 aliphatic rings. The van der Waals surface area contributed by atoms with Gasteiger partial charge in [0.15, 0.2) is 0 Å². The van der Waals surface area contributed by atoms with Gasteiger partial charge in [-0.2, -0.15) is 0 Å². The van der Waals surface area contributed by atoms with Crippen molar-refractivity contribution >= 4 is 40.5 Å². The minimum atomic E-state index is -1.13. The van der Waals surface area contributed by atoms with Crippen LogP contribution in [0.4, 0.5) is 4.39 Å². The molecule has 1 aliphatic heterocycles. The number of thioether (sulfide) groups is 1. The number of carbonyl (C=O) groups is 5. The topological polar surface area (TPSA) is 152 Å². The molecule has 3 rings (SSSR count). The molecule has 3 atom stereocenters. The van der Waals surface area contributed by atoms with Gasteiger partial charge in [-0.1, -0.05) is 54.2 Å². The van der Waals surface area contributed by atoms with E-state index in [0.29, 0.717) is 5.56 Å². The molecule has 4 amide bonds. The fourth-order valence-electron chi connectivity index (χ4n) is 4.11. The summed E-state index contributed by atoms with van der Waals surface area (Å²) in [5.74, 6) is -2.74. The highest BCUT2D eigenvalue weighted by molar-refractivity contribution is 8.13. The quantitative estimate of drug-likeness (QED) is 0.387. The molecule has 13 heteroatoms. The van der Waals surface area contributed by atoms with Crippen LogP contribution in [-0.2, 0) is 46.3 Å². The van der Waals surface area contributed by atoms with Crippen molar-refractivity contribution in [1.82, 2.24) is 21.3 Å². The highest BCUT2D eigenvalue weighted by Gasteiger charge is 2.29. The Morgan fingerprint density at radius 2 is 1.62 bits per heavy atom. The van der Waals surface area contributed by atoms with Gasteiger partial charge in [-0.25, -0.2) is 4.39 Å². The predicted octanol–water partition coefficient (Wildman–Crippen LogP) is 0.508. The third-order valence-corrected chi connectivity index (χ3v) is 7.17. The van der Waals surface area contributed by atoms with E-state index in [4.69, 9.17) is 9.47 Å². The first-order valence-corrected chi connectivity index (χ1v) is 14.4. The molecule has 2 aromatic carbocycles. The van der Waals surface area contributed by atoms with Gasteiger partial charge in [0.1, 0.15) is 30.5 Å². The number of amides is 4. The van der Waals surface area contributed by atoms with Crippen molar-refractivity contribution in [3.63, 3.8) is 0 Å². The molecule has 1 heterocycles. The van der Waals surface area contributed by atoms with Crippen LogP contribution in [0.1, 0.15) is 18.1 Å². The summed E-state index contributed by atoms with van der Waals surface area (Å²) in [5, 5.41) is 10.1. The number of nitrogens with one attached hydrogen (secondary N) is 4. The number of hydrogen-bond donors (Lipinski definition) is 4. The first kappa shape index (κ1) is 32.7. The van der Waals surface area contributed by atoms with E-state index in [0.717, 1.165) is 17.3 Å². The third kappa shape index (κ3) is 11.6. The minimum Gasteiger partial charge on any atom is -0.377 e. The van der Waals surface area contributed by atoms with Gasteiger partial charge >= 0.3 is 0 Å². The van der Waals surface area contributed by atoms with Gasteiger partial charge < -0.3 is 30.7 Å². The van der Waals surface area contributed by atoms with Crippen molar-refractivity contribution in [2.45, 2.75) is 37.9 Å². The highest BCUT2D eigenvalue weighted by atomic mass is 32.2. The summed E-state index contributed by atoms with van der Waals surface area (Å²) < 4.78 is 24.7. The number of benzene rings is 2. The van der Waals surface area contributed by atoms with Crippen molar-refractivity contribution in [2.75, 3.05) is 38.7 Å². The minimum absolute atomic E-state index is 0.0429. The molecule has 0 radical (unpaired) electrons. The molecular formula is C29H35FN4O7S. The van der Waals surface area contributed by atoms with Crippen molar-refractivity contribution in [2.24, 2.45) is 0 Å². The van der Waals surface area contributed by atoms with Gasteiger partial charge in [0, 0.05) is 32.1 Å². The zero-order chi connectivity index (χ0) is 30.3. The Hall–Kier alpha value is -3.81. The Morgan fingerprint density at radius 3 is 2.36 bits per heavy atom. The van der Waals surface area contributed by atoms with Crippen LogP contribution >= 0.6 is 11.8 Å². The monoisotopic (exact) mass is 602 g/mol. The molecule has 42 heavy (non-hydrogen) atoms. The molecule has 0 unspecified atom stereocenters. The van der Waals surface area contributed by atoms with Crippen LogP contribution in [0, 0.1) is 5.82 Å². The average Bonchev–Trinajstić information content (AvgIpc) is 2.95. The number of carbonyl (C=O) groups excluding carboxylic acids is 5. The fraction of sp³-hybridized carbons (Fsp3) is 0.414. The number of ether oxygens (including phenoxy) is 2. The Morgan fingerprint density at radius 1 is 0.905 bits per heavy atom. The molecule has 226 valence electrons. The van der Waals surface area contributed by atoms with E-state index in [2.05, 4.69) is 21.3 Å². The molecular weight excluding hydrogens is 567 g/mol. The molecule has 1 fully saturated rings. The lowest BCUT2D eigenvalue weighted by molar-refractivity contribution is -0.132. The second-order valence-electron chi connectivity index (χ2n) is 9.54. The second kappa shape index (κ2) is 17.2. The molecule has 0 saturated carbocycles. The normalized spacial score (nSPS) is 22.0. The largest absolute Gasteiger partial charge is 0.377 e. The highest BCUT2D eigenvalue weighted by Crippen LogP contribution is 2.15. The lowest BCUT2D eigenvalue weighted by atomic mass is 10.0. The molecule has 4 N–H and O–H groups in total. The number of rotatable bonds is 5. The maximum Gasteiger partial charge on any atom is 0.246 e. The lowest BCUT2D eigenvalue weighted by Gasteiger charge is -2.24. The first-order chi connectivity index (χ1) is 20.2. The van der Waals surface area contributed by atoms with E-state index in [9.17, 15) is 28.4 Å². The first-order valence-electron chi connectivity index (χ1n) is 13.5. The molecule has 0 bridgehead atoms. The van der Waals surface area contributed by atoms with E-state index in [1.807, 2.05) is 6.07 Å². The van der Waals surface area contributed by atoms with E-state index in [1.165, 1.54) is 25.1 Å². The summed E-state index contributed by atoms with van der Waals surface area (Å²) in [6, 6.07) is 11.5. The second-order valence-corrected chi connectivity index (χ2v) is 10.6. The average molecular weight is 603 g/mol. The van der Waals surface area contributed by atoms with Crippen molar-refractivity contribution in [3.8, 4) is 0 Å². The van der Waals surface area contributed by atoms with Crippen molar-refractivity contribution < 1.29 is 37.8 Å². The van der Waals surface area contributed by atoms with Crippen LogP contribution in [0.25, 0.3) is 0 Å². The van der Waals surface area contributed by atoms with E-state index in [1.54, 1.807) is 30.3 Å². The predicted molar refractivity (Wildman–Crippen MR) is 154 cm³/mol. The van der Waals surface area contributed by atoms with Gasteiger partial charge in [-0.15, -0.1) is 0 Å². The zero-order valence-electron chi connectivity index (χ0n) is 23.2. The summed E-state index contributed by atoms with van der Waals surface area (Å²) in [6.45, 7) is 1.51. The zero-order valence-corrected chi connectivity index (χ0v) is 24.0. The van der Waals surface area contributed by atoms with Crippen LogP contribution in [0.5, 0.6) is 0 Å². The van der Waals surface area contributed by atoms with Gasteiger partial charge in [-0.3, -0.25) is 24.0 Å². The van der Waals surface area contributed by atoms with Gasteiger partial charge in [0.2, 0.25) is 28.7 Å². The Balaban J connectivity index is 1.87. The third-order valence-electron chi connectivity index (χ3n) is 6.10. The molecule has 1 saturated heterocycles. The SMILES string of the molecule is CC(=O)N[C@H]1CSC(=O)[C@H](Cc2cccc(F)c2)NC(=O)[C@H](Cc2ccccc2)NC(=O)COCCOCCNC1=O. The molecule has 11 nitrogen and oxygen atoms in total. The summed E-state index contributed by atoms with van der Waals surface area (Å²) >= 11 is 0.755. The lowest BCUT2D eigenvalue weighted by Crippen LogP contribution is -2.53. The molecule has 0 aromatic heterocycles. The van der Waals surface area contributed by atoms with Crippen LogP contribution < -0.4 is 21.3 Å². The van der Waals surface area contributed by atoms with Gasteiger partial charge in [-0.05, 0) is 23.3 Å². The smallest absolute Gasteiger partial charge is 0.246 e. The molecule has 0 spiro atoms. The molecule has 0 aliphatic carbocycles. The Bertz CT molecular complexity index is 1230. The maximum atomic E-state index is 13.9. The van der Waals surface area contributed by atoms with E-state index in [-0.39, 0.29) is 51.6 Å². The van der Waals surface area contributed by atoms with Gasteiger partial charge in [0.05, 0.1) is 19.8 Å². The summed E-state index contributed by atoms with van der Waals surface area (Å²) in [7, 11) is 0. The fourth-order valence-corrected chi connectivity index (χ4v) is 5.02. The summed E-state index contributed by atoms with van der Waals surface area (Å²) in [5.41, 5.74) is 1.23. The summed E-state index contributed by atoms with van der Waals surface area (Å²) in [4.78, 5) is 64.1. The molecule has 2 aromatic rings. The van der Waals surface area contributed by atoms with Crippen LogP contribution in [-0.4, -0.2) is 85.6 Å². The Kier molecular flexibility index (Phi) is 13.4.